The van der Waals surface area contributed by atoms with E-state index >= 15 is 0 Å². The molecule has 0 bridgehead atoms. The van der Waals surface area contributed by atoms with Crippen molar-refractivity contribution in [1.29, 1.82) is 0 Å². The van der Waals surface area contributed by atoms with Gasteiger partial charge in [-0.25, -0.2) is 9.97 Å². The summed E-state index contributed by atoms with van der Waals surface area (Å²) in [4.78, 5) is 8.16. The van der Waals surface area contributed by atoms with Crippen LogP contribution in [-0.4, -0.2) is 24.2 Å². The third kappa shape index (κ3) is 3.42. The second kappa shape index (κ2) is 6.15. The van der Waals surface area contributed by atoms with Crippen molar-refractivity contribution >= 4 is 0 Å². The molecular weight excluding hydrogens is 242 g/mol. The number of hydrogen-bond acceptors (Lipinski definition) is 5. The molecule has 2 rings (SSSR count). The first-order chi connectivity index (χ1) is 9.22. The second-order valence-corrected chi connectivity index (χ2v) is 4.14. The van der Waals surface area contributed by atoms with Crippen molar-refractivity contribution in [2.45, 2.75) is 12.5 Å². The first kappa shape index (κ1) is 13.3. The molecule has 19 heavy (non-hydrogen) atoms. The SMILES string of the molecule is COc1ccc(C(N)Cc2cc(OC)ncn2)cc1. The number of nitrogens with two attached hydrogens (primary N) is 1. The van der Waals surface area contributed by atoms with Crippen LogP contribution in [0.25, 0.3) is 0 Å². The van der Waals surface area contributed by atoms with Gasteiger partial charge in [0.15, 0.2) is 0 Å². The molecule has 0 radical (unpaired) electrons. The molecule has 0 aliphatic heterocycles. The molecule has 2 aromatic rings. The summed E-state index contributed by atoms with van der Waals surface area (Å²) >= 11 is 0. The van der Waals surface area contributed by atoms with E-state index in [0.29, 0.717) is 12.3 Å². The molecular formula is C14H17N3O2. The molecule has 0 spiro atoms. The fraction of sp³-hybridized carbons (Fsp3) is 0.286. The Kier molecular flexibility index (Phi) is 4.30. The Hall–Kier alpha value is -2.14. The lowest BCUT2D eigenvalue weighted by molar-refractivity contribution is 0.395. The van der Waals surface area contributed by atoms with Crippen LogP contribution in [0.15, 0.2) is 36.7 Å². The summed E-state index contributed by atoms with van der Waals surface area (Å²) in [6.07, 6.45) is 2.11. The van der Waals surface area contributed by atoms with Crippen molar-refractivity contribution in [3.8, 4) is 11.6 Å². The fourth-order valence-electron chi connectivity index (χ4n) is 1.79. The van der Waals surface area contributed by atoms with Gasteiger partial charge in [0.2, 0.25) is 5.88 Å². The molecule has 0 fully saturated rings. The molecule has 1 aromatic carbocycles. The minimum absolute atomic E-state index is 0.120. The van der Waals surface area contributed by atoms with Gasteiger partial charge in [-0.05, 0) is 17.7 Å². The van der Waals surface area contributed by atoms with Gasteiger partial charge >= 0.3 is 0 Å². The maximum absolute atomic E-state index is 6.17. The third-order valence-corrected chi connectivity index (χ3v) is 2.88. The minimum Gasteiger partial charge on any atom is -0.497 e. The average Bonchev–Trinajstić information content (AvgIpc) is 2.47. The van der Waals surface area contributed by atoms with E-state index in [1.807, 2.05) is 24.3 Å². The fourth-order valence-corrected chi connectivity index (χ4v) is 1.79. The van der Waals surface area contributed by atoms with Gasteiger partial charge in [0, 0.05) is 24.2 Å². The number of rotatable bonds is 5. The smallest absolute Gasteiger partial charge is 0.216 e. The Labute approximate surface area is 112 Å². The summed E-state index contributed by atoms with van der Waals surface area (Å²) in [6, 6.07) is 9.39. The van der Waals surface area contributed by atoms with E-state index in [1.54, 1.807) is 20.3 Å². The predicted octanol–water partition coefficient (Wildman–Crippen LogP) is 1.74. The summed E-state index contributed by atoms with van der Waals surface area (Å²) in [5.74, 6) is 1.37. The van der Waals surface area contributed by atoms with E-state index < -0.39 is 0 Å². The Morgan fingerprint density at radius 1 is 1.11 bits per heavy atom. The van der Waals surface area contributed by atoms with Gasteiger partial charge in [-0.3, -0.25) is 0 Å². The summed E-state index contributed by atoms with van der Waals surface area (Å²) in [7, 11) is 3.22. The number of nitrogens with zero attached hydrogens (tertiary/aromatic N) is 2. The van der Waals surface area contributed by atoms with E-state index in [-0.39, 0.29) is 6.04 Å². The first-order valence-corrected chi connectivity index (χ1v) is 5.97. The molecule has 100 valence electrons. The lowest BCUT2D eigenvalue weighted by Gasteiger charge is -2.12. The van der Waals surface area contributed by atoms with Crippen molar-refractivity contribution in [2.24, 2.45) is 5.73 Å². The van der Waals surface area contributed by atoms with Gasteiger partial charge in [0.25, 0.3) is 0 Å². The number of hydrogen-bond donors (Lipinski definition) is 1. The normalized spacial score (nSPS) is 11.9. The van der Waals surface area contributed by atoms with Crippen LogP contribution in [0, 0.1) is 0 Å². The van der Waals surface area contributed by atoms with Crippen LogP contribution in [0.1, 0.15) is 17.3 Å². The van der Waals surface area contributed by atoms with Crippen LogP contribution in [0.5, 0.6) is 11.6 Å². The molecule has 0 saturated carbocycles. The van der Waals surface area contributed by atoms with Crippen molar-refractivity contribution < 1.29 is 9.47 Å². The van der Waals surface area contributed by atoms with E-state index in [4.69, 9.17) is 15.2 Å². The number of aromatic nitrogens is 2. The van der Waals surface area contributed by atoms with Crippen LogP contribution >= 0.6 is 0 Å². The van der Waals surface area contributed by atoms with Crippen molar-refractivity contribution in [3.63, 3.8) is 0 Å². The Morgan fingerprint density at radius 3 is 2.47 bits per heavy atom. The molecule has 0 saturated heterocycles. The molecule has 1 aromatic heterocycles. The van der Waals surface area contributed by atoms with Crippen molar-refractivity contribution in [3.05, 3.63) is 47.9 Å². The molecule has 2 N–H and O–H groups in total. The molecule has 0 amide bonds. The van der Waals surface area contributed by atoms with E-state index in [0.717, 1.165) is 17.0 Å². The minimum atomic E-state index is -0.120. The summed E-state index contributed by atoms with van der Waals surface area (Å²) in [5.41, 5.74) is 8.06. The zero-order chi connectivity index (χ0) is 13.7. The standard InChI is InChI=1S/C14H17N3O2/c1-18-12-5-3-10(4-6-12)13(15)7-11-8-14(19-2)17-9-16-11/h3-6,8-9,13H,7,15H2,1-2H3. The monoisotopic (exact) mass is 259 g/mol. The average molecular weight is 259 g/mol. The highest BCUT2D eigenvalue weighted by Gasteiger charge is 2.09. The zero-order valence-electron chi connectivity index (χ0n) is 11.0. The predicted molar refractivity (Wildman–Crippen MR) is 72.2 cm³/mol. The Balaban J connectivity index is 2.08. The quantitative estimate of drug-likeness (QED) is 0.885. The molecule has 1 heterocycles. The van der Waals surface area contributed by atoms with Crippen LogP contribution in [0.2, 0.25) is 0 Å². The third-order valence-electron chi connectivity index (χ3n) is 2.88. The van der Waals surface area contributed by atoms with Gasteiger partial charge in [0.1, 0.15) is 12.1 Å². The van der Waals surface area contributed by atoms with Gasteiger partial charge < -0.3 is 15.2 Å². The van der Waals surface area contributed by atoms with E-state index in [2.05, 4.69) is 9.97 Å². The van der Waals surface area contributed by atoms with E-state index in [1.165, 1.54) is 6.33 Å². The van der Waals surface area contributed by atoms with Crippen molar-refractivity contribution in [1.82, 2.24) is 9.97 Å². The summed E-state index contributed by atoms with van der Waals surface area (Å²) in [6.45, 7) is 0. The van der Waals surface area contributed by atoms with Gasteiger partial charge in [0.05, 0.1) is 14.2 Å². The molecule has 0 aliphatic carbocycles. The lowest BCUT2D eigenvalue weighted by atomic mass is 10.0. The molecule has 5 nitrogen and oxygen atoms in total. The van der Waals surface area contributed by atoms with Crippen LogP contribution in [-0.2, 0) is 6.42 Å². The first-order valence-electron chi connectivity index (χ1n) is 5.97. The maximum Gasteiger partial charge on any atom is 0.216 e. The van der Waals surface area contributed by atoms with Crippen LogP contribution < -0.4 is 15.2 Å². The second-order valence-electron chi connectivity index (χ2n) is 4.14. The van der Waals surface area contributed by atoms with Crippen LogP contribution in [0.3, 0.4) is 0 Å². The molecule has 5 heteroatoms. The topological polar surface area (TPSA) is 70.3 Å². The number of methoxy groups -OCH3 is 2. The summed E-state index contributed by atoms with van der Waals surface area (Å²) < 4.78 is 10.2. The lowest BCUT2D eigenvalue weighted by Crippen LogP contribution is -2.14. The zero-order valence-corrected chi connectivity index (χ0v) is 11.0. The number of benzene rings is 1. The van der Waals surface area contributed by atoms with Crippen molar-refractivity contribution in [2.75, 3.05) is 14.2 Å². The largest absolute Gasteiger partial charge is 0.497 e. The van der Waals surface area contributed by atoms with E-state index in [9.17, 15) is 0 Å². The van der Waals surface area contributed by atoms with Crippen LogP contribution in [0.4, 0.5) is 0 Å². The molecule has 1 unspecified atom stereocenters. The molecule has 1 atom stereocenters. The van der Waals surface area contributed by atoms with Gasteiger partial charge in [-0.2, -0.15) is 0 Å². The highest BCUT2D eigenvalue weighted by Crippen LogP contribution is 2.19. The maximum atomic E-state index is 6.17. The Morgan fingerprint density at radius 2 is 1.84 bits per heavy atom. The molecule has 0 aliphatic rings. The highest BCUT2D eigenvalue weighted by molar-refractivity contribution is 5.29. The van der Waals surface area contributed by atoms with Gasteiger partial charge in [-0.1, -0.05) is 12.1 Å². The summed E-state index contributed by atoms with van der Waals surface area (Å²) in [5, 5.41) is 0. The number of ether oxygens (including phenoxy) is 2. The Bertz CT molecular complexity index is 528. The highest BCUT2D eigenvalue weighted by atomic mass is 16.5. The van der Waals surface area contributed by atoms with Gasteiger partial charge in [-0.15, -0.1) is 0 Å².